The highest BCUT2D eigenvalue weighted by Crippen LogP contribution is 2.41. The third kappa shape index (κ3) is 3.61. The van der Waals surface area contributed by atoms with Gasteiger partial charge in [-0.3, -0.25) is 9.59 Å². The van der Waals surface area contributed by atoms with E-state index in [0.717, 1.165) is 18.5 Å². The predicted octanol–water partition coefficient (Wildman–Crippen LogP) is 4.83. The normalized spacial score (nSPS) is 15.6. The number of amides is 2. The number of carbonyl (C=O) groups excluding carboxylic acids is 2. The van der Waals surface area contributed by atoms with Crippen molar-refractivity contribution >= 4 is 28.8 Å². The first-order valence-corrected chi connectivity index (χ1v) is 11.5. The molecule has 0 bridgehead atoms. The van der Waals surface area contributed by atoms with Crippen LogP contribution in [-0.4, -0.2) is 32.1 Å². The number of methoxy groups -OCH3 is 1. The molecule has 2 aliphatic rings. The van der Waals surface area contributed by atoms with Crippen LogP contribution in [0.3, 0.4) is 0 Å². The molecular weight excluding hydrogens is 428 g/mol. The van der Waals surface area contributed by atoms with Crippen LogP contribution in [0.15, 0.2) is 78.5 Å². The Bertz CT molecular complexity index is 1280. The summed E-state index contributed by atoms with van der Waals surface area (Å²) in [5, 5.41) is 0. The largest absolute Gasteiger partial charge is 0.497 e. The van der Waals surface area contributed by atoms with E-state index in [4.69, 9.17) is 9.47 Å². The minimum atomic E-state index is -0.361. The van der Waals surface area contributed by atoms with Gasteiger partial charge in [-0.25, -0.2) is 4.90 Å². The molecule has 0 saturated heterocycles. The molecule has 34 heavy (non-hydrogen) atoms. The van der Waals surface area contributed by atoms with E-state index in [2.05, 4.69) is 6.07 Å². The molecule has 172 valence electrons. The summed E-state index contributed by atoms with van der Waals surface area (Å²) in [6, 6.07) is 22.5. The summed E-state index contributed by atoms with van der Waals surface area (Å²) in [5.41, 5.74) is 4.04. The van der Waals surface area contributed by atoms with Crippen LogP contribution in [-0.2, 0) is 16.0 Å². The fourth-order valence-electron chi connectivity index (χ4n) is 4.69. The van der Waals surface area contributed by atoms with Gasteiger partial charge in [0, 0.05) is 12.2 Å². The number of ether oxygens (including phenoxy) is 2. The van der Waals surface area contributed by atoms with Gasteiger partial charge in [-0.2, -0.15) is 0 Å². The first-order valence-electron chi connectivity index (χ1n) is 11.5. The maximum Gasteiger partial charge on any atom is 0.282 e. The van der Waals surface area contributed by atoms with Crippen LogP contribution in [0.25, 0.3) is 5.57 Å². The van der Waals surface area contributed by atoms with Crippen molar-refractivity contribution in [2.75, 3.05) is 30.1 Å². The summed E-state index contributed by atoms with van der Waals surface area (Å²) < 4.78 is 11.1. The van der Waals surface area contributed by atoms with E-state index < -0.39 is 0 Å². The number of anilines is 2. The summed E-state index contributed by atoms with van der Waals surface area (Å²) in [5.74, 6) is 0.477. The lowest BCUT2D eigenvalue weighted by atomic mass is 9.98. The van der Waals surface area contributed by atoms with Gasteiger partial charge in [-0.05, 0) is 61.2 Å². The van der Waals surface area contributed by atoms with Crippen LogP contribution in [0.1, 0.15) is 24.5 Å². The fraction of sp³-hybridized carbons (Fsp3) is 0.214. The number of nitrogens with zero attached hydrogens (tertiary/aromatic N) is 2. The maximum absolute atomic E-state index is 14.0. The molecule has 3 aromatic rings. The number of para-hydroxylation sites is 3. The second kappa shape index (κ2) is 9.06. The second-order valence-electron chi connectivity index (χ2n) is 8.18. The molecule has 2 heterocycles. The van der Waals surface area contributed by atoms with E-state index in [1.165, 1.54) is 10.5 Å². The van der Waals surface area contributed by atoms with Gasteiger partial charge in [-0.15, -0.1) is 0 Å². The Morgan fingerprint density at radius 2 is 1.56 bits per heavy atom. The molecule has 0 saturated carbocycles. The summed E-state index contributed by atoms with van der Waals surface area (Å²) in [4.78, 5) is 31.2. The molecule has 6 nitrogen and oxygen atoms in total. The zero-order valence-corrected chi connectivity index (χ0v) is 19.3. The van der Waals surface area contributed by atoms with E-state index in [1.807, 2.05) is 48.2 Å². The average Bonchev–Trinajstić information content (AvgIpc) is 3.14. The van der Waals surface area contributed by atoms with E-state index >= 15 is 0 Å². The van der Waals surface area contributed by atoms with Crippen LogP contribution in [0.5, 0.6) is 11.5 Å². The van der Waals surface area contributed by atoms with Crippen LogP contribution in [0, 0.1) is 0 Å². The minimum absolute atomic E-state index is 0.348. The van der Waals surface area contributed by atoms with Crippen LogP contribution in [0.2, 0.25) is 0 Å². The molecule has 3 aromatic carbocycles. The van der Waals surface area contributed by atoms with Gasteiger partial charge < -0.3 is 14.4 Å². The highest BCUT2D eigenvalue weighted by Gasteiger charge is 2.44. The summed E-state index contributed by atoms with van der Waals surface area (Å²) >= 11 is 0. The lowest BCUT2D eigenvalue weighted by Crippen LogP contribution is -2.37. The van der Waals surface area contributed by atoms with Crippen molar-refractivity contribution in [3.05, 3.63) is 89.6 Å². The molecule has 0 N–H and O–H groups in total. The average molecular weight is 455 g/mol. The number of carbonyl (C=O) groups is 2. The van der Waals surface area contributed by atoms with Crippen molar-refractivity contribution in [3.63, 3.8) is 0 Å². The molecular formula is C28H26N2O4. The van der Waals surface area contributed by atoms with Gasteiger partial charge >= 0.3 is 0 Å². The second-order valence-corrected chi connectivity index (χ2v) is 8.18. The molecule has 0 aromatic heterocycles. The summed E-state index contributed by atoms with van der Waals surface area (Å²) in [6.45, 7) is 2.96. The van der Waals surface area contributed by atoms with Gasteiger partial charge in [0.05, 0.1) is 25.0 Å². The van der Waals surface area contributed by atoms with Crippen molar-refractivity contribution in [1.29, 1.82) is 0 Å². The summed E-state index contributed by atoms with van der Waals surface area (Å²) in [7, 11) is 1.60. The molecule has 2 aliphatic heterocycles. The molecule has 2 amide bonds. The number of fused-ring (bicyclic) bond motifs is 1. The Balaban J connectivity index is 1.69. The Morgan fingerprint density at radius 3 is 2.29 bits per heavy atom. The Morgan fingerprint density at radius 1 is 0.853 bits per heavy atom. The lowest BCUT2D eigenvalue weighted by molar-refractivity contribution is -0.120. The SMILES string of the molecule is CCOc1ccccc1N1C(=O)C(c2ccc(OC)cc2)=C(N2CCCc3ccccc32)C1=O. The monoisotopic (exact) mass is 454 g/mol. The van der Waals surface area contributed by atoms with Gasteiger partial charge in [0.2, 0.25) is 0 Å². The third-order valence-electron chi connectivity index (χ3n) is 6.22. The zero-order chi connectivity index (χ0) is 23.7. The number of aryl methyl sites for hydroxylation is 1. The van der Waals surface area contributed by atoms with E-state index in [-0.39, 0.29) is 11.8 Å². The standard InChI is InChI=1S/C28H26N2O4/c1-3-34-24-13-7-6-12-23(24)30-27(31)25(20-14-16-21(33-2)17-15-20)26(28(30)32)29-18-8-10-19-9-4-5-11-22(19)29/h4-7,9,11-17H,3,8,10,18H2,1-2H3. The van der Waals surface area contributed by atoms with Crippen molar-refractivity contribution < 1.29 is 19.1 Å². The van der Waals surface area contributed by atoms with E-state index in [1.54, 1.807) is 37.4 Å². The van der Waals surface area contributed by atoms with E-state index in [0.29, 0.717) is 47.2 Å². The fourth-order valence-corrected chi connectivity index (χ4v) is 4.69. The van der Waals surface area contributed by atoms with Crippen LogP contribution < -0.4 is 19.3 Å². The molecule has 0 unspecified atom stereocenters. The Labute approximate surface area is 199 Å². The van der Waals surface area contributed by atoms with Crippen LogP contribution >= 0.6 is 0 Å². The molecule has 0 atom stereocenters. The number of benzene rings is 3. The smallest absolute Gasteiger partial charge is 0.282 e. The van der Waals surface area contributed by atoms with Crippen molar-refractivity contribution in [2.45, 2.75) is 19.8 Å². The van der Waals surface area contributed by atoms with Gasteiger partial charge in [0.15, 0.2) is 0 Å². The van der Waals surface area contributed by atoms with Gasteiger partial charge in [-0.1, -0.05) is 42.5 Å². The highest BCUT2D eigenvalue weighted by molar-refractivity contribution is 6.46. The molecule has 0 aliphatic carbocycles. The molecule has 0 fully saturated rings. The topological polar surface area (TPSA) is 59.1 Å². The minimum Gasteiger partial charge on any atom is -0.497 e. The maximum atomic E-state index is 14.0. The quantitative estimate of drug-likeness (QED) is 0.500. The first kappa shape index (κ1) is 21.8. The van der Waals surface area contributed by atoms with Crippen molar-refractivity contribution in [1.82, 2.24) is 0 Å². The molecule has 6 heteroatoms. The number of hydrogen-bond acceptors (Lipinski definition) is 5. The molecule has 5 rings (SSSR count). The van der Waals surface area contributed by atoms with Crippen molar-refractivity contribution in [3.8, 4) is 11.5 Å². The first-order chi connectivity index (χ1) is 16.6. The van der Waals surface area contributed by atoms with Gasteiger partial charge in [0.25, 0.3) is 11.8 Å². The Kier molecular flexibility index (Phi) is 5.80. The van der Waals surface area contributed by atoms with Crippen LogP contribution in [0.4, 0.5) is 11.4 Å². The lowest BCUT2D eigenvalue weighted by Gasteiger charge is -2.32. The molecule has 0 radical (unpaired) electrons. The van der Waals surface area contributed by atoms with Crippen molar-refractivity contribution in [2.24, 2.45) is 0 Å². The molecule has 0 spiro atoms. The number of imide groups is 1. The Hall–Kier alpha value is -4.06. The van der Waals surface area contributed by atoms with Gasteiger partial charge in [0.1, 0.15) is 17.2 Å². The number of rotatable bonds is 6. The third-order valence-corrected chi connectivity index (χ3v) is 6.22. The summed E-state index contributed by atoms with van der Waals surface area (Å²) in [6.07, 6.45) is 1.84. The highest BCUT2D eigenvalue weighted by atomic mass is 16.5. The van der Waals surface area contributed by atoms with E-state index in [9.17, 15) is 9.59 Å². The zero-order valence-electron chi connectivity index (χ0n) is 19.3. The predicted molar refractivity (Wildman–Crippen MR) is 132 cm³/mol. The number of hydrogen-bond donors (Lipinski definition) is 0.